The maximum Gasteiger partial charge on any atom is 0.159 e. The summed E-state index contributed by atoms with van der Waals surface area (Å²) in [6.45, 7) is 4.07. The Labute approximate surface area is 135 Å². The van der Waals surface area contributed by atoms with Gasteiger partial charge < -0.3 is 10.0 Å². The number of nitrogens with zero attached hydrogens (tertiary/aromatic N) is 2. The maximum absolute atomic E-state index is 13.2. The number of pyridine rings is 1. The summed E-state index contributed by atoms with van der Waals surface area (Å²) < 4.78 is 26.2. The van der Waals surface area contributed by atoms with Gasteiger partial charge in [0.15, 0.2) is 11.6 Å². The summed E-state index contributed by atoms with van der Waals surface area (Å²) in [5.74, 6) is -1.65. The average molecular weight is 320 g/mol. The SMILES string of the molecule is CCCN(CCc1ccc(F)c(F)c1)CC(O)c1cccnc1. The van der Waals surface area contributed by atoms with Crippen molar-refractivity contribution >= 4 is 0 Å². The second-order valence-electron chi connectivity index (χ2n) is 5.60. The fourth-order valence-electron chi connectivity index (χ4n) is 2.52. The van der Waals surface area contributed by atoms with Crippen LogP contribution >= 0.6 is 0 Å². The molecule has 1 N–H and O–H groups in total. The predicted molar refractivity (Wildman–Crippen MR) is 86.0 cm³/mol. The van der Waals surface area contributed by atoms with Gasteiger partial charge in [0.1, 0.15) is 0 Å². The molecule has 0 spiro atoms. The van der Waals surface area contributed by atoms with Crippen molar-refractivity contribution in [2.24, 2.45) is 0 Å². The molecule has 0 saturated carbocycles. The highest BCUT2D eigenvalue weighted by Gasteiger charge is 2.13. The van der Waals surface area contributed by atoms with E-state index in [1.165, 1.54) is 6.07 Å². The standard InChI is InChI=1S/C18H22F2N2O/c1-2-9-22(13-18(23)15-4-3-8-21-12-15)10-7-14-5-6-16(19)17(20)11-14/h3-6,8,11-12,18,23H,2,7,9-10,13H2,1H3. The molecule has 0 bridgehead atoms. The van der Waals surface area contributed by atoms with E-state index < -0.39 is 17.7 Å². The molecule has 3 nitrogen and oxygen atoms in total. The van der Waals surface area contributed by atoms with Crippen LogP contribution in [-0.2, 0) is 6.42 Å². The fraction of sp³-hybridized carbons (Fsp3) is 0.389. The van der Waals surface area contributed by atoms with E-state index in [1.54, 1.807) is 24.5 Å². The normalized spacial score (nSPS) is 12.6. The Hall–Kier alpha value is -1.85. The fourth-order valence-corrected chi connectivity index (χ4v) is 2.52. The summed E-state index contributed by atoms with van der Waals surface area (Å²) in [5.41, 5.74) is 1.53. The summed E-state index contributed by atoms with van der Waals surface area (Å²) in [4.78, 5) is 6.14. The van der Waals surface area contributed by atoms with E-state index in [-0.39, 0.29) is 0 Å². The van der Waals surface area contributed by atoms with Crippen LogP contribution in [0.4, 0.5) is 8.78 Å². The van der Waals surface area contributed by atoms with E-state index in [0.29, 0.717) is 19.5 Å². The first-order valence-corrected chi connectivity index (χ1v) is 7.84. The Kier molecular flexibility index (Phi) is 6.62. The minimum absolute atomic E-state index is 0.489. The number of halogens is 2. The molecule has 0 saturated heterocycles. The third-order valence-corrected chi connectivity index (χ3v) is 3.74. The van der Waals surface area contributed by atoms with E-state index in [2.05, 4.69) is 16.8 Å². The molecule has 1 heterocycles. The van der Waals surface area contributed by atoms with Gasteiger partial charge >= 0.3 is 0 Å². The summed E-state index contributed by atoms with van der Waals surface area (Å²) in [7, 11) is 0. The molecule has 23 heavy (non-hydrogen) atoms. The lowest BCUT2D eigenvalue weighted by molar-refractivity contribution is 0.113. The zero-order valence-electron chi connectivity index (χ0n) is 13.3. The van der Waals surface area contributed by atoms with E-state index >= 15 is 0 Å². The number of aliphatic hydroxyl groups is 1. The van der Waals surface area contributed by atoms with E-state index in [9.17, 15) is 13.9 Å². The Balaban J connectivity index is 1.94. The van der Waals surface area contributed by atoms with Crippen molar-refractivity contribution in [2.45, 2.75) is 25.9 Å². The first-order valence-electron chi connectivity index (χ1n) is 7.84. The number of benzene rings is 1. The molecule has 124 valence electrons. The Morgan fingerprint density at radius 3 is 2.65 bits per heavy atom. The van der Waals surface area contributed by atoms with Crippen LogP contribution in [0.2, 0.25) is 0 Å². The summed E-state index contributed by atoms with van der Waals surface area (Å²) in [6.07, 6.45) is 4.28. The maximum atomic E-state index is 13.2. The molecule has 0 aliphatic heterocycles. The van der Waals surface area contributed by atoms with Crippen LogP contribution in [0.15, 0.2) is 42.7 Å². The zero-order valence-corrected chi connectivity index (χ0v) is 13.3. The topological polar surface area (TPSA) is 36.4 Å². The Morgan fingerprint density at radius 1 is 1.17 bits per heavy atom. The first kappa shape index (κ1) is 17.5. The van der Waals surface area contributed by atoms with E-state index in [1.807, 2.05) is 6.07 Å². The van der Waals surface area contributed by atoms with E-state index in [4.69, 9.17) is 0 Å². The van der Waals surface area contributed by atoms with Crippen molar-refractivity contribution in [3.8, 4) is 0 Å². The van der Waals surface area contributed by atoms with Crippen molar-refractivity contribution in [1.29, 1.82) is 0 Å². The first-order chi connectivity index (χ1) is 11.1. The second kappa shape index (κ2) is 8.70. The molecule has 1 aromatic heterocycles. The van der Waals surface area contributed by atoms with E-state index in [0.717, 1.165) is 30.2 Å². The number of rotatable bonds is 8. The van der Waals surface area contributed by atoms with Crippen molar-refractivity contribution in [1.82, 2.24) is 9.88 Å². The van der Waals surface area contributed by atoms with Gasteiger partial charge in [-0.3, -0.25) is 4.98 Å². The van der Waals surface area contributed by atoms with Crippen LogP contribution in [0.1, 0.15) is 30.6 Å². The van der Waals surface area contributed by atoms with Crippen LogP contribution in [0, 0.1) is 11.6 Å². The van der Waals surface area contributed by atoms with Gasteiger partial charge in [0.2, 0.25) is 0 Å². The van der Waals surface area contributed by atoms with Gasteiger partial charge in [-0.15, -0.1) is 0 Å². The largest absolute Gasteiger partial charge is 0.387 e. The van der Waals surface area contributed by atoms with Crippen molar-refractivity contribution < 1.29 is 13.9 Å². The van der Waals surface area contributed by atoms with Gasteiger partial charge in [0.05, 0.1) is 6.10 Å². The predicted octanol–water partition coefficient (Wildman–Crippen LogP) is 3.35. The van der Waals surface area contributed by atoms with Crippen molar-refractivity contribution in [3.63, 3.8) is 0 Å². The summed E-state index contributed by atoms with van der Waals surface area (Å²) in [6, 6.07) is 7.62. The third kappa shape index (κ3) is 5.37. The quantitative estimate of drug-likeness (QED) is 0.810. The van der Waals surface area contributed by atoms with Crippen LogP contribution in [-0.4, -0.2) is 34.6 Å². The molecule has 2 rings (SSSR count). The van der Waals surface area contributed by atoms with Gasteiger partial charge in [-0.2, -0.15) is 0 Å². The number of aliphatic hydroxyl groups excluding tert-OH is 1. The number of hydrogen-bond donors (Lipinski definition) is 1. The Morgan fingerprint density at radius 2 is 2.00 bits per heavy atom. The smallest absolute Gasteiger partial charge is 0.159 e. The summed E-state index contributed by atoms with van der Waals surface area (Å²) in [5, 5.41) is 10.3. The molecule has 0 amide bonds. The lowest BCUT2D eigenvalue weighted by Gasteiger charge is -2.24. The number of aromatic nitrogens is 1. The monoisotopic (exact) mass is 320 g/mol. The zero-order chi connectivity index (χ0) is 16.7. The molecule has 1 aromatic carbocycles. The molecule has 5 heteroatoms. The minimum Gasteiger partial charge on any atom is -0.387 e. The molecule has 0 aliphatic carbocycles. The van der Waals surface area contributed by atoms with Gasteiger partial charge in [-0.1, -0.05) is 19.1 Å². The lowest BCUT2D eigenvalue weighted by atomic mass is 10.1. The second-order valence-corrected chi connectivity index (χ2v) is 5.60. The highest BCUT2D eigenvalue weighted by molar-refractivity contribution is 5.18. The van der Waals surface area contributed by atoms with Crippen LogP contribution in [0.3, 0.4) is 0 Å². The summed E-state index contributed by atoms with van der Waals surface area (Å²) >= 11 is 0. The lowest BCUT2D eigenvalue weighted by Crippen LogP contribution is -2.31. The molecule has 1 atom stereocenters. The molecule has 0 aliphatic rings. The van der Waals surface area contributed by atoms with Gasteiger partial charge in [0.25, 0.3) is 0 Å². The van der Waals surface area contributed by atoms with Crippen molar-refractivity contribution in [3.05, 3.63) is 65.5 Å². The van der Waals surface area contributed by atoms with Crippen molar-refractivity contribution in [2.75, 3.05) is 19.6 Å². The molecule has 0 radical (unpaired) electrons. The highest BCUT2D eigenvalue weighted by Crippen LogP contribution is 2.14. The van der Waals surface area contributed by atoms with Crippen LogP contribution in [0.5, 0.6) is 0 Å². The average Bonchev–Trinajstić information content (AvgIpc) is 2.56. The minimum atomic E-state index is -0.828. The molecule has 1 unspecified atom stereocenters. The van der Waals surface area contributed by atoms with Crippen LogP contribution < -0.4 is 0 Å². The number of hydrogen-bond acceptors (Lipinski definition) is 3. The van der Waals surface area contributed by atoms with Gasteiger partial charge in [-0.25, -0.2) is 8.78 Å². The highest BCUT2D eigenvalue weighted by atomic mass is 19.2. The molecular formula is C18H22F2N2O. The van der Waals surface area contributed by atoms with Gasteiger partial charge in [-0.05, 0) is 43.1 Å². The third-order valence-electron chi connectivity index (χ3n) is 3.74. The molecule has 2 aromatic rings. The van der Waals surface area contributed by atoms with Crippen LogP contribution in [0.25, 0.3) is 0 Å². The van der Waals surface area contributed by atoms with Gasteiger partial charge in [0, 0.05) is 31.0 Å². The molecular weight excluding hydrogens is 298 g/mol. The molecule has 0 fully saturated rings. The Bertz CT molecular complexity index is 607.